The number of nitrogens with zero attached hydrogens (tertiary/aromatic N) is 1. The lowest BCUT2D eigenvalue weighted by atomic mass is 9.96. The van der Waals surface area contributed by atoms with Crippen molar-refractivity contribution in [1.29, 1.82) is 0 Å². The molecule has 21 heavy (non-hydrogen) atoms. The molecule has 0 aliphatic heterocycles. The van der Waals surface area contributed by atoms with E-state index in [1.807, 2.05) is 12.1 Å². The van der Waals surface area contributed by atoms with Gasteiger partial charge in [0.1, 0.15) is 0 Å². The molecule has 0 heterocycles. The Labute approximate surface area is 139 Å². The molecule has 120 valence electrons. The van der Waals surface area contributed by atoms with Gasteiger partial charge in [-0.25, -0.2) is 0 Å². The Balaban J connectivity index is 2.72. The maximum Gasteiger partial charge on any atom is 0.0640 e. The van der Waals surface area contributed by atoms with Gasteiger partial charge in [0.05, 0.1) is 10.0 Å². The summed E-state index contributed by atoms with van der Waals surface area (Å²) in [5.74, 6) is 0. The molecule has 0 aromatic heterocycles. The van der Waals surface area contributed by atoms with Crippen molar-refractivity contribution in [3.8, 4) is 0 Å². The monoisotopic (exact) mass is 330 g/mol. The van der Waals surface area contributed by atoms with Gasteiger partial charge in [0.2, 0.25) is 0 Å². The van der Waals surface area contributed by atoms with E-state index < -0.39 is 0 Å². The maximum atomic E-state index is 6.36. The summed E-state index contributed by atoms with van der Waals surface area (Å²) < 4.78 is 0. The predicted molar refractivity (Wildman–Crippen MR) is 94.4 cm³/mol. The van der Waals surface area contributed by atoms with Crippen LogP contribution < -0.4 is 5.32 Å². The van der Waals surface area contributed by atoms with E-state index in [0.717, 1.165) is 31.6 Å². The van der Waals surface area contributed by atoms with Gasteiger partial charge < -0.3 is 10.2 Å². The van der Waals surface area contributed by atoms with Gasteiger partial charge in [-0.1, -0.05) is 63.0 Å². The number of hydrogen-bond acceptors (Lipinski definition) is 2. The van der Waals surface area contributed by atoms with Crippen molar-refractivity contribution in [2.24, 2.45) is 5.41 Å². The fraction of sp³-hybridized carbons (Fsp3) is 0.647. The molecule has 0 aliphatic carbocycles. The second-order valence-electron chi connectivity index (χ2n) is 6.84. The summed E-state index contributed by atoms with van der Waals surface area (Å²) in [7, 11) is 2.17. The van der Waals surface area contributed by atoms with E-state index in [4.69, 9.17) is 23.2 Å². The fourth-order valence-electron chi connectivity index (χ4n) is 2.64. The Morgan fingerprint density at radius 3 is 2.48 bits per heavy atom. The van der Waals surface area contributed by atoms with Gasteiger partial charge in [-0.15, -0.1) is 0 Å². The molecular weight excluding hydrogens is 303 g/mol. The Kier molecular flexibility index (Phi) is 7.49. The van der Waals surface area contributed by atoms with Crippen LogP contribution in [0.1, 0.15) is 45.7 Å². The summed E-state index contributed by atoms with van der Waals surface area (Å²) in [6, 6.07) is 6.10. The van der Waals surface area contributed by atoms with Crippen molar-refractivity contribution in [2.45, 2.75) is 40.2 Å². The number of rotatable bonds is 7. The highest BCUT2D eigenvalue weighted by molar-refractivity contribution is 6.42. The first-order chi connectivity index (χ1) is 9.74. The molecule has 1 unspecified atom stereocenters. The summed E-state index contributed by atoms with van der Waals surface area (Å²) in [4.78, 5) is 2.38. The van der Waals surface area contributed by atoms with Gasteiger partial charge in [-0.3, -0.25) is 0 Å². The first-order valence-electron chi connectivity index (χ1n) is 7.60. The quantitative estimate of drug-likeness (QED) is 0.755. The average molecular weight is 331 g/mol. The van der Waals surface area contributed by atoms with Crippen molar-refractivity contribution in [2.75, 3.05) is 26.7 Å². The zero-order valence-corrected chi connectivity index (χ0v) is 15.4. The van der Waals surface area contributed by atoms with Crippen LogP contribution in [0.4, 0.5) is 0 Å². The van der Waals surface area contributed by atoms with Crippen LogP contribution in [0.3, 0.4) is 0 Å². The molecule has 0 fully saturated rings. The third-order valence-electron chi connectivity index (χ3n) is 3.35. The molecule has 0 bridgehead atoms. The Bertz CT molecular complexity index is 441. The highest BCUT2D eigenvalue weighted by Gasteiger charge is 2.18. The molecule has 1 aromatic rings. The third-order valence-corrected chi connectivity index (χ3v) is 4.18. The standard InChI is InChI=1S/C17H28Cl2N2/c1-6-20-15(10-11-21(5)12-17(2,3)4)13-8-7-9-14(18)16(13)19/h7-9,15,20H,6,10-12H2,1-5H3. The van der Waals surface area contributed by atoms with E-state index in [1.165, 1.54) is 0 Å². The van der Waals surface area contributed by atoms with Crippen LogP contribution in [0.25, 0.3) is 0 Å². The molecule has 0 spiro atoms. The van der Waals surface area contributed by atoms with E-state index in [2.05, 4.69) is 51.0 Å². The molecule has 1 aromatic carbocycles. The number of benzene rings is 1. The summed E-state index contributed by atoms with van der Waals surface area (Å²) in [5, 5.41) is 4.81. The molecule has 2 nitrogen and oxygen atoms in total. The van der Waals surface area contributed by atoms with Crippen LogP contribution in [-0.2, 0) is 0 Å². The SMILES string of the molecule is CCNC(CCN(C)CC(C)(C)C)c1cccc(Cl)c1Cl. The highest BCUT2D eigenvalue weighted by atomic mass is 35.5. The van der Waals surface area contributed by atoms with Crippen molar-refractivity contribution in [1.82, 2.24) is 10.2 Å². The third kappa shape index (κ3) is 6.56. The summed E-state index contributed by atoms with van der Waals surface area (Å²) in [5.41, 5.74) is 1.41. The van der Waals surface area contributed by atoms with Crippen LogP contribution in [0.2, 0.25) is 10.0 Å². The fourth-order valence-corrected chi connectivity index (χ4v) is 3.08. The molecular formula is C17H28Cl2N2. The van der Waals surface area contributed by atoms with E-state index in [0.29, 0.717) is 15.5 Å². The molecule has 0 saturated heterocycles. The van der Waals surface area contributed by atoms with Crippen molar-refractivity contribution >= 4 is 23.2 Å². The average Bonchev–Trinajstić information content (AvgIpc) is 2.36. The van der Waals surface area contributed by atoms with E-state index >= 15 is 0 Å². The molecule has 0 saturated carbocycles. The highest BCUT2D eigenvalue weighted by Crippen LogP contribution is 2.31. The van der Waals surface area contributed by atoms with E-state index in [-0.39, 0.29) is 6.04 Å². The van der Waals surface area contributed by atoms with Crippen LogP contribution >= 0.6 is 23.2 Å². The number of halogens is 2. The van der Waals surface area contributed by atoms with Crippen molar-refractivity contribution in [3.05, 3.63) is 33.8 Å². The van der Waals surface area contributed by atoms with Crippen LogP contribution in [-0.4, -0.2) is 31.6 Å². The van der Waals surface area contributed by atoms with E-state index in [1.54, 1.807) is 0 Å². The smallest absolute Gasteiger partial charge is 0.0640 e. The van der Waals surface area contributed by atoms with Crippen LogP contribution in [0, 0.1) is 5.41 Å². The van der Waals surface area contributed by atoms with Crippen LogP contribution in [0.5, 0.6) is 0 Å². The zero-order chi connectivity index (χ0) is 16.0. The first-order valence-corrected chi connectivity index (χ1v) is 8.36. The Hall–Kier alpha value is -0.280. The van der Waals surface area contributed by atoms with Crippen molar-refractivity contribution < 1.29 is 0 Å². The molecule has 0 radical (unpaired) electrons. The molecule has 0 amide bonds. The molecule has 1 rings (SSSR count). The largest absolute Gasteiger partial charge is 0.310 e. The second kappa shape index (κ2) is 8.38. The van der Waals surface area contributed by atoms with Gasteiger partial charge in [-0.2, -0.15) is 0 Å². The topological polar surface area (TPSA) is 15.3 Å². The van der Waals surface area contributed by atoms with Gasteiger partial charge in [-0.05, 0) is 43.6 Å². The predicted octanol–water partition coefficient (Wildman–Crippen LogP) is 5.01. The second-order valence-corrected chi connectivity index (χ2v) is 7.63. The van der Waals surface area contributed by atoms with Gasteiger partial charge in [0, 0.05) is 12.6 Å². The minimum absolute atomic E-state index is 0.239. The van der Waals surface area contributed by atoms with E-state index in [9.17, 15) is 0 Å². The Morgan fingerprint density at radius 1 is 1.24 bits per heavy atom. The molecule has 4 heteroatoms. The Morgan fingerprint density at radius 2 is 1.90 bits per heavy atom. The lowest BCUT2D eigenvalue weighted by Gasteiger charge is -2.28. The zero-order valence-electron chi connectivity index (χ0n) is 13.8. The number of nitrogens with one attached hydrogen (secondary N) is 1. The summed E-state index contributed by atoms with van der Waals surface area (Å²) >= 11 is 12.5. The minimum atomic E-state index is 0.239. The minimum Gasteiger partial charge on any atom is -0.310 e. The summed E-state index contributed by atoms with van der Waals surface area (Å²) in [6.07, 6.45) is 1.01. The first kappa shape index (κ1) is 18.8. The van der Waals surface area contributed by atoms with Gasteiger partial charge >= 0.3 is 0 Å². The lowest BCUT2D eigenvalue weighted by molar-refractivity contribution is 0.218. The molecule has 1 N–H and O–H groups in total. The normalized spacial score (nSPS) is 13.7. The van der Waals surface area contributed by atoms with Gasteiger partial charge in [0.25, 0.3) is 0 Å². The van der Waals surface area contributed by atoms with Gasteiger partial charge in [0.15, 0.2) is 0 Å². The lowest BCUT2D eigenvalue weighted by Crippen LogP contribution is -2.32. The summed E-state index contributed by atoms with van der Waals surface area (Å²) in [6.45, 7) is 11.9. The number of hydrogen-bond donors (Lipinski definition) is 1. The van der Waals surface area contributed by atoms with Crippen molar-refractivity contribution in [3.63, 3.8) is 0 Å². The van der Waals surface area contributed by atoms with Crippen LogP contribution in [0.15, 0.2) is 18.2 Å². The molecule has 0 aliphatic rings. The maximum absolute atomic E-state index is 6.36. The molecule has 1 atom stereocenters.